The van der Waals surface area contributed by atoms with Crippen molar-refractivity contribution in [1.29, 1.82) is 0 Å². The Bertz CT molecular complexity index is 2860. The molecule has 3 aromatic rings. The van der Waals surface area contributed by atoms with E-state index < -0.39 is 84.4 Å². The van der Waals surface area contributed by atoms with Crippen LogP contribution in [0.5, 0.6) is 0 Å². The highest BCUT2D eigenvalue weighted by atomic mass is 16.8. The van der Waals surface area contributed by atoms with Crippen molar-refractivity contribution in [3.63, 3.8) is 0 Å². The molecular formula is C68H86O14. The number of esters is 4. The monoisotopic (exact) mass is 1130 g/mol. The highest BCUT2D eigenvalue weighted by molar-refractivity contribution is 5.91. The van der Waals surface area contributed by atoms with Gasteiger partial charge in [-0.1, -0.05) is 114 Å². The summed E-state index contributed by atoms with van der Waals surface area (Å²) in [6.07, 6.45) is 1.14. The summed E-state index contributed by atoms with van der Waals surface area (Å²) in [5.74, 6) is -1.58. The van der Waals surface area contributed by atoms with Crippen LogP contribution in [0.1, 0.15) is 158 Å². The Morgan fingerprint density at radius 3 is 1.82 bits per heavy atom. The number of hydrogen-bond acceptors (Lipinski definition) is 14. The van der Waals surface area contributed by atoms with Crippen LogP contribution in [0.15, 0.2) is 116 Å². The lowest BCUT2D eigenvalue weighted by atomic mass is 9.32. The van der Waals surface area contributed by atoms with Gasteiger partial charge in [-0.15, -0.1) is 0 Å². The highest BCUT2D eigenvalue weighted by Crippen LogP contribution is 2.78. The Hall–Kier alpha value is -5.22. The fraction of sp³-hybridized carbons (Fsp3) is 0.618. The van der Waals surface area contributed by atoms with E-state index >= 15 is 0 Å². The quantitative estimate of drug-likeness (QED) is 0.0649. The van der Waals surface area contributed by atoms with Gasteiger partial charge in [-0.3, -0.25) is 4.79 Å². The lowest BCUT2D eigenvalue weighted by molar-refractivity contribution is -0.357. The molecule has 8 fully saturated rings. The summed E-state index contributed by atoms with van der Waals surface area (Å²) in [5.41, 5.74) is 1.17. The summed E-state index contributed by atoms with van der Waals surface area (Å²) in [4.78, 5) is 56.7. The number of carbonyl (C=O) groups is 4. The topological polar surface area (TPSA) is 161 Å². The van der Waals surface area contributed by atoms with Crippen LogP contribution < -0.4 is 0 Å². The van der Waals surface area contributed by atoms with Gasteiger partial charge in [0.1, 0.15) is 24.9 Å². The molecule has 0 bridgehead atoms. The highest BCUT2D eigenvalue weighted by Gasteiger charge is 2.73. The molecule has 19 atom stereocenters. The lowest BCUT2D eigenvalue weighted by Gasteiger charge is -2.73. The fourth-order valence-electron chi connectivity index (χ4n) is 18.1. The maximum Gasteiger partial charge on any atom is 0.338 e. The SMILES string of the molecule is C=CCOC(=O)[C@]12CC[C@@H](C(=C)C)[C@@H]1[C@H]1CC[C@@H]3[C@@]4(C)CC[C@H](O[C@@H]5OC[C@@H]6OC(C)(C)O[C@@H]6[C@H]5O[C@@H]5O[C@@H](C)[C@H](OC(=O)c6ccccc6)[C@@H](OC(=O)c6ccccc6)[C@H]5OC(=O)c5ccccc5)C(C)(C)[C@@H]4CC[C@@]3(C)[C@]1(C)CC2. The molecule has 3 heterocycles. The van der Waals surface area contributed by atoms with Gasteiger partial charge >= 0.3 is 23.9 Å². The van der Waals surface area contributed by atoms with E-state index in [1.165, 1.54) is 5.57 Å². The molecule has 0 amide bonds. The third-order valence-electron chi connectivity index (χ3n) is 22.1. The molecule has 0 aromatic heterocycles. The molecule has 442 valence electrons. The summed E-state index contributed by atoms with van der Waals surface area (Å²) in [7, 11) is 0. The van der Waals surface area contributed by atoms with Crippen LogP contribution in [0.25, 0.3) is 0 Å². The fourth-order valence-corrected chi connectivity index (χ4v) is 18.1. The normalized spacial score (nSPS) is 40.5. The first kappa shape index (κ1) is 58.5. The molecule has 3 aromatic carbocycles. The molecule has 8 aliphatic rings. The summed E-state index contributed by atoms with van der Waals surface area (Å²) in [5, 5.41) is 0. The van der Waals surface area contributed by atoms with Crippen LogP contribution in [0.2, 0.25) is 0 Å². The van der Waals surface area contributed by atoms with Gasteiger partial charge in [-0.25, -0.2) is 14.4 Å². The van der Waals surface area contributed by atoms with Gasteiger partial charge in [0.2, 0.25) is 0 Å². The van der Waals surface area contributed by atoms with E-state index in [4.69, 9.17) is 47.4 Å². The van der Waals surface area contributed by atoms with Crippen molar-refractivity contribution in [2.45, 2.75) is 194 Å². The largest absolute Gasteiger partial charge is 0.461 e. The van der Waals surface area contributed by atoms with E-state index in [0.717, 1.165) is 64.2 Å². The van der Waals surface area contributed by atoms with Crippen LogP contribution in [0.4, 0.5) is 0 Å². The van der Waals surface area contributed by atoms with Crippen LogP contribution in [-0.2, 0) is 52.2 Å². The average Bonchev–Trinajstić information content (AvgIpc) is 1.22. The zero-order valence-electron chi connectivity index (χ0n) is 49.5. The van der Waals surface area contributed by atoms with Crippen LogP contribution in [0, 0.1) is 56.7 Å². The van der Waals surface area contributed by atoms with Gasteiger partial charge in [0.25, 0.3) is 0 Å². The van der Waals surface area contributed by atoms with Crippen LogP contribution in [-0.4, -0.2) is 104 Å². The second-order valence-corrected chi connectivity index (χ2v) is 27.1. The van der Waals surface area contributed by atoms with Crippen molar-refractivity contribution in [3.05, 3.63) is 132 Å². The summed E-state index contributed by atoms with van der Waals surface area (Å²) in [6, 6.07) is 25.4. The maximum absolute atomic E-state index is 14.3. The molecule has 82 heavy (non-hydrogen) atoms. The van der Waals surface area contributed by atoms with E-state index in [0.29, 0.717) is 23.7 Å². The molecule has 5 aliphatic carbocycles. The van der Waals surface area contributed by atoms with Crippen molar-refractivity contribution in [2.75, 3.05) is 13.2 Å². The Morgan fingerprint density at radius 2 is 1.22 bits per heavy atom. The van der Waals surface area contributed by atoms with E-state index in [2.05, 4.69) is 54.7 Å². The number of allylic oxidation sites excluding steroid dienone is 1. The molecule has 0 N–H and O–H groups in total. The zero-order chi connectivity index (χ0) is 58.1. The molecule has 0 radical (unpaired) electrons. The summed E-state index contributed by atoms with van der Waals surface area (Å²) in [6.45, 7) is 28.8. The number of rotatable bonds is 14. The minimum absolute atomic E-state index is 0.000668. The van der Waals surface area contributed by atoms with E-state index in [1.807, 2.05) is 13.8 Å². The number of benzene rings is 3. The maximum atomic E-state index is 14.3. The van der Waals surface area contributed by atoms with Gasteiger partial charge in [-0.05, 0) is 180 Å². The van der Waals surface area contributed by atoms with Crippen molar-refractivity contribution >= 4 is 23.9 Å². The molecule has 0 unspecified atom stereocenters. The number of ether oxygens (including phenoxy) is 10. The van der Waals surface area contributed by atoms with Gasteiger partial charge in [0.15, 0.2) is 36.7 Å². The molecule has 5 saturated carbocycles. The number of fused-ring (bicyclic) bond motifs is 8. The molecule has 3 aliphatic heterocycles. The molecular weight excluding hydrogens is 1040 g/mol. The first-order valence-corrected chi connectivity index (χ1v) is 30.2. The van der Waals surface area contributed by atoms with Crippen molar-refractivity contribution in [3.8, 4) is 0 Å². The van der Waals surface area contributed by atoms with E-state index in [1.54, 1.807) is 104 Å². The minimum Gasteiger partial charge on any atom is -0.461 e. The molecule has 3 saturated heterocycles. The average molecular weight is 1130 g/mol. The van der Waals surface area contributed by atoms with Gasteiger partial charge in [0, 0.05) is 0 Å². The third kappa shape index (κ3) is 10.1. The zero-order valence-corrected chi connectivity index (χ0v) is 49.5. The van der Waals surface area contributed by atoms with Crippen molar-refractivity contribution in [2.24, 2.45) is 56.7 Å². The molecule has 0 spiro atoms. The van der Waals surface area contributed by atoms with Crippen molar-refractivity contribution in [1.82, 2.24) is 0 Å². The Balaban J connectivity index is 0.887. The van der Waals surface area contributed by atoms with E-state index in [9.17, 15) is 19.2 Å². The van der Waals surface area contributed by atoms with Gasteiger partial charge in [-0.2, -0.15) is 0 Å². The number of hydrogen-bond donors (Lipinski definition) is 0. The first-order valence-electron chi connectivity index (χ1n) is 30.2. The number of carbonyl (C=O) groups excluding carboxylic acids is 4. The second kappa shape index (κ2) is 22.3. The van der Waals surface area contributed by atoms with Crippen LogP contribution in [0.3, 0.4) is 0 Å². The predicted octanol–water partition coefficient (Wildman–Crippen LogP) is 12.4. The Labute approximate surface area is 484 Å². The van der Waals surface area contributed by atoms with Crippen molar-refractivity contribution < 1.29 is 66.5 Å². The Kier molecular flexibility index (Phi) is 15.9. The predicted molar refractivity (Wildman–Crippen MR) is 305 cm³/mol. The van der Waals surface area contributed by atoms with E-state index in [-0.39, 0.29) is 69.6 Å². The summed E-state index contributed by atoms with van der Waals surface area (Å²) >= 11 is 0. The third-order valence-corrected chi connectivity index (χ3v) is 22.1. The smallest absolute Gasteiger partial charge is 0.338 e. The molecule has 14 nitrogen and oxygen atoms in total. The van der Waals surface area contributed by atoms with Gasteiger partial charge < -0.3 is 47.4 Å². The lowest BCUT2D eigenvalue weighted by Crippen LogP contribution is -2.67. The standard InChI is InChI=1S/C68H86O14/c1-12-38-73-62(72)68-35-30-45(40(2)3)51(68)46-28-29-49-65(9)33-32-50(63(5,6)48(65)31-34-67(49,11)66(46,10)36-37-68)76-60-55(53-47(39-74-60)81-64(7,8)82-53)80-61-56(79-59(71)44-26-20-15-21-27-44)54(78-58(70)43-24-18-14-19-25-43)52(41(4)75-61)77-57(69)42-22-16-13-17-23-42/h12-27,41,45-56,60-61H,1-2,28-39H2,3-11H3/t41-,45-,46+,47-,48-,49+,50-,51+,52-,53-,54+,55+,56+,60-,61-,65-,66+,67+,68-/m0/s1. The molecule has 11 rings (SSSR count). The summed E-state index contributed by atoms with van der Waals surface area (Å²) < 4.78 is 66.2. The van der Waals surface area contributed by atoms with Crippen LogP contribution >= 0.6 is 0 Å². The second-order valence-electron chi connectivity index (χ2n) is 27.1. The first-order chi connectivity index (χ1) is 39.0. The molecule has 14 heteroatoms. The van der Waals surface area contributed by atoms with Gasteiger partial charge in [0.05, 0.1) is 40.9 Å². The minimum atomic E-state index is -1.51. The Morgan fingerprint density at radius 1 is 0.622 bits per heavy atom.